The molecule has 118 valence electrons. The van der Waals surface area contributed by atoms with Gasteiger partial charge in [-0.2, -0.15) is 0 Å². The molecule has 0 saturated carbocycles. The van der Waals surface area contributed by atoms with E-state index in [1.165, 1.54) is 29.6 Å². The van der Waals surface area contributed by atoms with Crippen LogP contribution in [0.2, 0.25) is 0 Å². The largest absolute Gasteiger partial charge is 0.309 e. The van der Waals surface area contributed by atoms with Gasteiger partial charge in [-0.15, -0.1) is 0 Å². The zero-order chi connectivity index (χ0) is 16.0. The van der Waals surface area contributed by atoms with Crippen LogP contribution in [0.5, 0.6) is 0 Å². The van der Waals surface area contributed by atoms with E-state index in [1.54, 1.807) is 4.57 Å². The highest BCUT2D eigenvalue weighted by Crippen LogP contribution is 2.35. The highest BCUT2D eigenvalue weighted by atomic mass is 32.2. The van der Waals surface area contributed by atoms with Gasteiger partial charge in [0.15, 0.2) is 5.16 Å². The van der Waals surface area contributed by atoms with Gasteiger partial charge < -0.3 is 4.90 Å². The fourth-order valence-electron chi connectivity index (χ4n) is 3.40. The molecule has 0 radical (unpaired) electrons. The van der Waals surface area contributed by atoms with Crippen molar-refractivity contribution in [2.45, 2.75) is 31.1 Å². The van der Waals surface area contributed by atoms with Crippen LogP contribution in [-0.4, -0.2) is 27.3 Å². The van der Waals surface area contributed by atoms with Gasteiger partial charge in [-0.05, 0) is 25.0 Å². The molecule has 2 atom stereocenters. The summed E-state index contributed by atoms with van der Waals surface area (Å²) in [6.45, 7) is 2.49. The summed E-state index contributed by atoms with van der Waals surface area (Å²) in [4.78, 5) is 31.2. The molecule has 4 rings (SSSR count). The summed E-state index contributed by atoms with van der Waals surface area (Å²) < 4.78 is 1.61. The van der Waals surface area contributed by atoms with Gasteiger partial charge in [0, 0.05) is 36.3 Å². The molecule has 2 unspecified atom stereocenters. The quantitative estimate of drug-likeness (QED) is 0.751. The maximum absolute atomic E-state index is 13.1. The van der Waals surface area contributed by atoms with Gasteiger partial charge in [0.05, 0.1) is 5.92 Å². The van der Waals surface area contributed by atoms with Crippen LogP contribution in [-0.2, 0) is 17.8 Å². The fraction of sp³-hybridized carbons (Fsp3) is 0.353. The fourth-order valence-corrected chi connectivity index (χ4v) is 4.45. The Balaban J connectivity index is 1.64. The molecule has 0 spiro atoms. The van der Waals surface area contributed by atoms with Crippen molar-refractivity contribution in [2.75, 3.05) is 10.7 Å². The topological polar surface area (TPSA) is 55.2 Å². The maximum Gasteiger partial charge on any atom is 0.254 e. The molecule has 0 bridgehead atoms. The lowest BCUT2D eigenvalue weighted by Crippen LogP contribution is -2.44. The van der Waals surface area contributed by atoms with E-state index >= 15 is 0 Å². The Bertz CT molecular complexity index is 833. The van der Waals surface area contributed by atoms with Crippen LogP contribution < -0.4 is 10.5 Å². The van der Waals surface area contributed by atoms with Gasteiger partial charge >= 0.3 is 0 Å². The van der Waals surface area contributed by atoms with Crippen molar-refractivity contribution >= 4 is 23.4 Å². The number of hydrogen-bond donors (Lipinski definition) is 0. The molecule has 3 heterocycles. The Hall–Kier alpha value is -2.08. The minimum absolute atomic E-state index is 0.0881. The summed E-state index contributed by atoms with van der Waals surface area (Å²) in [5.41, 5.74) is 2.14. The van der Waals surface area contributed by atoms with Gasteiger partial charge in [-0.3, -0.25) is 14.2 Å². The first-order valence-electron chi connectivity index (χ1n) is 7.75. The third kappa shape index (κ3) is 2.37. The average molecular weight is 327 g/mol. The molecule has 23 heavy (non-hydrogen) atoms. The Morgan fingerprint density at radius 3 is 3.00 bits per heavy atom. The first-order valence-corrected chi connectivity index (χ1v) is 8.73. The van der Waals surface area contributed by atoms with Crippen LogP contribution in [0.3, 0.4) is 0 Å². The third-order valence-corrected chi connectivity index (χ3v) is 5.66. The van der Waals surface area contributed by atoms with E-state index in [1.807, 2.05) is 23.1 Å². The van der Waals surface area contributed by atoms with E-state index in [4.69, 9.17) is 0 Å². The van der Waals surface area contributed by atoms with E-state index in [9.17, 15) is 9.59 Å². The molecule has 1 aromatic heterocycles. The molecule has 0 fully saturated rings. The molecule has 1 aromatic carbocycles. The minimum Gasteiger partial charge on any atom is -0.309 e. The number of nitrogens with zero attached hydrogens (tertiary/aromatic N) is 3. The second-order valence-electron chi connectivity index (χ2n) is 6.07. The van der Waals surface area contributed by atoms with E-state index in [2.05, 4.69) is 18.0 Å². The monoisotopic (exact) mass is 327 g/mol. The Morgan fingerprint density at radius 1 is 1.30 bits per heavy atom. The molecule has 0 N–H and O–H groups in total. The summed E-state index contributed by atoms with van der Waals surface area (Å²) in [7, 11) is 0. The molecule has 2 aliphatic heterocycles. The van der Waals surface area contributed by atoms with Gasteiger partial charge in [0.25, 0.3) is 5.56 Å². The Labute approximate surface area is 138 Å². The summed E-state index contributed by atoms with van der Waals surface area (Å²) in [6, 6.07) is 9.68. The third-order valence-electron chi connectivity index (χ3n) is 4.51. The predicted octanol–water partition coefficient (Wildman–Crippen LogP) is 1.94. The van der Waals surface area contributed by atoms with Crippen LogP contribution >= 0.6 is 11.8 Å². The van der Waals surface area contributed by atoms with E-state index < -0.39 is 0 Å². The first-order chi connectivity index (χ1) is 11.1. The number of rotatable bonds is 1. The number of para-hydroxylation sites is 1. The minimum atomic E-state index is -0.192. The zero-order valence-electron chi connectivity index (χ0n) is 12.8. The SMILES string of the molecule is CC1Cc2ccccc2N1C(=O)C1CSc2nccc(=O)n2C1. The van der Waals surface area contributed by atoms with Crippen LogP contribution in [0, 0.1) is 5.92 Å². The molecule has 6 heteroatoms. The number of thioether (sulfide) groups is 1. The lowest BCUT2D eigenvalue weighted by molar-refractivity contribution is -0.122. The highest BCUT2D eigenvalue weighted by Gasteiger charge is 2.36. The molecular weight excluding hydrogens is 310 g/mol. The number of carbonyl (C=O) groups is 1. The molecular formula is C17H17N3O2S. The summed E-state index contributed by atoms with van der Waals surface area (Å²) in [5.74, 6) is 0.583. The van der Waals surface area contributed by atoms with Crippen molar-refractivity contribution in [2.24, 2.45) is 5.92 Å². The number of fused-ring (bicyclic) bond motifs is 2. The maximum atomic E-state index is 13.1. The van der Waals surface area contributed by atoms with Crippen molar-refractivity contribution in [3.05, 3.63) is 52.4 Å². The molecule has 5 nitrogen and oxygen atoms in total. The second kappa shape index (κ2) is 5.53. The highest BCUT2D eigenvalue weighted by molar-refractivity contribution is 7.99. The van der Waals surface area contributed by atoms with Crippen molar-refractivity contribution in [1.82, 2.24) is 9.55 Å². The zero-order valence-corrected chi connectivity index (χ0v) is 13.6. The van der Waals surface area contributed by atoms with Crippen molar-refractivity contribution in [1.29, 1.82) is 0 Å². The average Bonchev–Trinajstić information content (AvgIpc) is 2.90. The summed E-state index contributed by atoms with van der Waals surface area (Å²) >= 11 is 1.48. The number of anilines is 1. The van der Waals surface area contributed by atoms with Crippen molar-refractivity contribution in [3.63, 3.8) is 0 Å². The number of aromatic nitrogens is 2. The Morgan fingerprint density at radius 2 is 2.13 bits per heavy atom. The first kappa shape index (κ1) is 14.5. The predicted molar refractivity (Wildman–Crippen MR) is 89.8 cm³/mol. The van der Waals surface area contributed by atoms with Gasteiger partial charge in [-0.1, -0.05) is 30.0 Å². The standard InChI is InChI=1S/C17H17N3O2S/c1-11-8-12-4-2-3-5-14(12)20(11)16(22)13-9-19-15(21)6-7-18-17(19)23-10-13/h2-7,11,13H,8-10H2,1H3. The molecule has 0 aliphatic carbocycles. The number of carbonyl (C=O) groups excluding carboxylic acids is 1. The van der Waals surface area contributed by atoms with E-state index in [0.717, 1.165) is 12.1 Å². The molecule has 2 aliphatic rings. The van der Waals surface area contributed by atoms with Crippen LogP contribution in [0.1, 0.15) is 12.5 Å². The van der Waals surface area contributed by atoms with Gasteiger partial charge in [-0.25, -0.2) is 4.98 Å². The van der Waals surface area contributed by atoms with Crippen LogP contribution in [0.4, 0.5) is 5.69 Å². The van der Waals surface area contributed by atoms with Crippen molar-refractivity contribution < 1.29 is 4.79 Å². The smallest absolute Gasteiger partial charge is 0.254 e. The van der Waals surface area contributed by atoms with Gasteiger partial charge in [0.2, 0.25) is 5.91 Å². The van der Waals surface area contributed by atoms with Crippen molar-refractivity contribution in [3.8, 4) is 0 Å². The lowest BCUT2D eigenvalue weighted by atomic mass is 10.1. The van der Waals surface area contributed by atoms with Crippen LogP contribution in [0.25, 0.3) is 0 Å². The molecule has 0 saturated heterocycles. The van der Waals surface area contributed by atoms with Crippen LogP contribution in [0.15, 0.2) is 46.5 Å². The number of amides is 1. The van der Waals surface area contributed by atoms with Gasteiger partial charge in [0.1, 0.15) is 0 Å². The number of hydrogen-bond acceptors (Lipinski definition) is 4. The van der Waals surface area contributed by atoms with E-state index in [-0.39, 0.29) is 23.4 Å². The summed E-state index contributed by atoms with van der Waals surface area (Å²) in [6.07, 6.45) is 2.42. The number of benzene rings is 1. The lowest BCUT2D eigenvalue weighted by Gasteiger charge is -2.30. The molecule has 2 aromatic rings. The van der Waals surface area contributed by atoms with E-state index in [0.29, 0.717) is 17.5 Å². The summed E-state index contributed by atoms with van der Waals surface area (Å²) in [5, 5.41) is 0.705. The molecule has 1 amide bonds. The normalized spacial score (nSPS) is 22.6. The second-order valence-corrected chi connectivity index (χ2v) is 7.06. The Kier molecular flexibility index (Phi) is 3.49.